The van der Waals surface area contributed by atoms with Gasteiger partial charge >= 0.3 is 0 Å². The van der Waals surface area contributed by atoms with Gasteiger partial charge in [-0.2, -0.15) is 0 Å². The van der Waals surface area contributed by atoms with Gasteiger partial charge in [0.15, 0.2) is 6.61 Å². The van der Waals surface area contributed by atoms with E-state index >= 15 is 0 Å². The summed E-state index contributed by atoms with van der Waals surface area (Å²) in [4.78, 5) is 11.8. The molecule has 0 fully saturated rings. The van der Waals surface area contributed by atoms with Crippen LogP contribution < -0.4 is 10.1 Å². The van der Waals surface area contributed by atoms with E-state index in [1.165, 1.54) is 0 Å². The van der Waals surface area contributed by atoms with Crippen LogP contribution in [0, 0.1) is 0 Å². The van der Waals surface area contributed by atoms with Crippen LogP contribution in [0.1, 0.15) is 25.0 Å². The van der Waals surface area contributed by atoms with E-state index in [0.717, 1.165) is 11.1 Å². The lowest BCUT2D eigenvalue weighted by molar-refractivity contribution is -0.123. The smallest absolute Gasteiger partial charge is 0.258 e. The quantitative estimate of drug-likeness (QED) is 0.813. The average Bonchev–Trinajstić information content (AvgIpc) is 2.51. The number of halogens is 2. The Balaban J connectivity index is 1.83. The van der Waals surface area contributed by atoms with E-state index in [0.29, 0.717) is 22.3 Å². The number of rotatable bonds is 6. The molecule has 24 heavy (non-hydrogen) atoms. The molecule has 2 aromatic carbocycles. The predicted molar refractivity (Wildman–Crippen MR) is 95.5 cm³/mol. The number of benzene rings is 2. The standard InChI is InChI=1S/C18H19Cl2NO3/c1-18(2,23)13-5-3-12(4-6-13)10-21-17(22)11-24-16-8-7-14(19)9-15(16)20/h3-9,23H,10-11H2,1-2H3,(H,21,22). The number of carbonyl (C=O) groups is 1. The molecule has 1 amide bonds. The van der Waals surface area contributed by atoms with Crippen LogP contribution in [0.2, 0.25) is 10.0 Å². The van der Waals surface area contributed by atoms with E-state index in [2.05, 4.69) is 5.32 Å². The Morgan fingerprint density at radius 2 is 1.83 bits per heavy atom. The molecule has 0 bridgehead atoms. The highest BCUT2D eigenvalue weighted by atomic mass is 35.5. The molecule has 0 atom stereocenters. The molecule has 128 valence electrons. The van der Waals surface area contributed by atoms with Crippen molar-refractivity contribution in [2.45, 2.75) is 26.0 Å². The molecular weight excluding hydrogens is 349 g/mol. The molecule has 6 heteroatoms. The van der Waals surface area contributed by atoms with Crippen molar-refractivity contribution in [3.8, 4) is 5.75 Å². The zero-order chi connectivity index (χ0) is 17.7. The van der Waals surface area contributed by atoms with E-state index in [9.17, 15) is 9.90 Å². The van der Waals surface area contributed by atoms with Crippen molar-refractivity contribution in [1.82, 2.24) is 5.32 Å². The highest BCUT2D eigenvalue weighted by Gasteiger charge is 2.15. The number of nitrogens with one attached hydrogen (secondary N) is 1. The SMILES string of the molecule is CC(C)(O)c1ccc(CNC(=O)COc2ccc(Cl)cc2Cl)cc1. The Bertz CT molecular complexity index is 709. The molecule has 0 aliphatic rings. The van der Waals surface area contributed by atoms with Crippen LogP contribution >= 0.6 is 23.2 Å². The highest BCUT2D eigenvalue weighted by Crippen LogP contribution is 2.27. The fraction of sp³-hybridized carbons (Fsp3) is 0.278. The third-order valence-corrected chi connectivity index (χ3v) is 3.93. The van der Waals surface area contributed by atoms with Crippen molar-refractivity contribution in [1.29, 1.82) is 0 Å². The summed E-state index contributed by atoms with van der Waals surface area (Å²) in [6, 6.07) is 12.2. The highest BCUT2D eigenvalue weighted by molar-refractivity contribution is 6.35. The van der Waals surface area contributed by atoms with Crippen LogP contribution in [0.4, 0.5) is 0 Å². The van der Waals surface area contributed by atoms with Gasteiger partial charge in [-0.05, 0) is 43.2 Å². The van der Waals surface area contributed by atoms with E-state index in [4.69, 9.17) is 27.9 Å². The monoisotopic (exact) mass is 367 g/mol. The zero-order valence-electron chi connectivity index (χ0n) is 13.5. The van der Waals surface area contributed by atoms with Crippen molar-refractivity contribution < 1.29 is 14.6 Å². The molecule has 0 unspecified atom stereocenters. The van der Waals surface area contributed by atoms with Crippen LogP contribution in [-0.4, -0.2) is 17.6 Å². The summed E-state index contributed by atoms with van der Waals surface area (Å²) < 4.78 is 5.37. The molecule has 0 saturated heterocycles. The van der Waals surface area contributed by atoms with E-state index in [1.54, 1.807) is 32.0 Å². The molecule has 2 aromatic rings. The lowest BCUT2D eigenvalue weighted by Crippen LogP contribution is -2.28. The molecule has 0 saturated carbocycles. The number of ether oxygens (including phenoxy) is 1. The van der Waals surface area contributed by atoms with E-state index in [-0.39, 0.29) is 12.5 Å². The van der Waals surface area contributed by atoms with E-state index in [1.807, 2.05) is 24.3 Å². The van der Waals surface area contributed by atoms with Crippen molar-refractivity contribution >= 4 is 29.1 Å². The fourth-order valence-corrected chi connectivity index (χ4v) is 2.48. The molecule has 0 radical (unpaired) electrons. The van der Waals surface area contributed by atoms with Gasteiger partial charge in [0.25, 0.3) is 5.91 Å². The average molecular weight is 368 g/mol. The van der Waals surface area contributed by atoms with Crippen molar-refractivity contribution in [2.75, 3.05) is 6.61 Å². The number of aliphatic hydroxyl groups is 1. The largest absolute Gasteiger partial charge is 0.482 e. The topological polar surface area (TPSA) is 58.6 Å². The lowest BCUT2D eigenvalue weighted by Gasteiger charge is -2.18. The van der Waals surface area contributed by atoms with Crippen molar-refractivity contribution in [3.05, 3.63) is 63.6 Å². The summed E-state index contributed by atoms with van der Waals surface area (Å²) in [7, 11) is 0. The Morgan fingerprint density at radius 3 is 2.42 bits per heavy atom. The van der Waals surface area contributed by atoms with Gasteiger partial charge in [-0.1, -0.05) is 47.5 Å². The molecule has 0 aliphatic carbocycles. The Morgan fingerprint density at radius 1 is 1.17 bits per heavy atom. The van der Waals surface area contributed by atoms with Gasteiger partial charge in [-0.25, -0.2) is 0 Å². The van der Waals surface area contributed by atoms with Crippen molar-refractivity contribution in [2.24, 2.45) is 0 Å². The minimum absolute atomic E-state index is 0.136. The molecule has 4 nitrogen and oxygen atoms in total. The first-order valence-corrected chi connectivity index (χ1v) is 8.17. The number of amides is 1. The summed E-state index contributed by atoms with van der Waals surface area (Å²) >= 11 is 11.8. The molecule has 0 heterocycles. The Hall–Kier alpha value is -1.75. The second kappa shape index (κ2) is 7.88. The van der Waals surface area contributed by atoms with Gasteiger partial charge < -0.3 is 15.2 Å². The first-order valence-electron chi connectivity index (χ1n) is 7.42. The summed E-state index contributed by atoms with van der Waals surface area (Å²) in [5.41, 5.74) is 0.868. The summed E-state index contributed by atoms with van der Waals surface area (Å²) in [6.07, 6.45) is 0. The van der Waals surface area contributed by atoms with Gasteiger partial charge in [0, 0.05) is 11.6 Å². The zero-order valence-corrected chi connectivity index (χ0v) is 15.0. The maximum atomic E-state index is 11.8. The van der Waals surface area contributed by atoms with Crippen molar-refractivity contribution in [3.63, 3.8) is 0 Å². The second-order valence-electron chi connectivity index (χ2n) is 5.90. The summed E-state index contributed by atoms with van der Waals surface area (Å²) in [6.45, 7) is 3.69. The van der Waals surface area contributed by atoms with Gasteiger partial charge in [-0.15, -0.1) is 0 Å². The molecule has 2 N–H and O–H groups in total. The molecule has 0 aliphatic heterocycles. The first-order chi connectivity index (χ1) is 11.3. The number of hydrogen-bond acceptors (Lipinski definition) is 3. The first kappa shape index (κ1) is 18.6. The van der Waals surface area contributed by atoms with Gasteiger partial charge in [0.05, 0.1) is 10.6 Å². The van der Waals surface area contributed by atoms with Gasteiger partial charge in [0.2, 0.25) is 0 Å². The maximum absolute atomic E-state index is 11.8. The number of hydrogen-bond donors (Lipinski definition) is 2. The second-order valence-corrected chi connectivity index (χ2v) is 6.74. The van der Waals surface area contributed by atoms with Crippen LogP contribution in [0.15, 0.2) is 42.5 Å². The van der Waals surface area contributed by atoms with Crippen LogP contribution in [0.25, 0.3) is 0 Å². The third-order valence-electron chi connectivity index (χ3n) is 3.40. The van der Waals surface area contributed by atoms with E-state index < -0.39 is 5.60 Å². The normalized spacial score (nSPS) is 11.2. The summed E-state index contributed by atoms with van der Waals surface area (Å²) in [5, 5.41) is 13.5. The molecule has 0 aromatic heterocycles. The van der Waals surface area contributed by atoms with Gasteiger partial charge in [0.1, 0.15) is 5.75 Å². The van der Waals surface area contributed by atoms with Gasteiger partial charge in [-0.3, -0.25) is 4.79 Å². The van der Waals surface area contributed by atoms with Crippen LogP contribution in [0.5, 0.6) is 5.75 Å². The van der Waals surface area contributed by atoms with Crippen LogP contribution in [-0.2, 0) is 16.9 Å². The minimum atomic E-state index is -0.881. The Labute approximate surface area is 151 Å². The number of carbonyl (C=O) groups excluding carboxylic acids is 1. The lowest BCUT2D eigenvalue weighted by atomic mass is 9.97. The predicted octanol–water partition coefficient (Wildman–Crippen LogP) is 3.92. The Kier molecular flexibility index (Phi) is 6.10. The molecule has 0 spiro atoms. The van der Waals surface area contributed by atoms with Crippen LogP contribution in [0.3, 0.4) is 0 Å². The maximum Gasteiger partial charge on any atom is 0.258 e. The molecular formula is C18H19Cl2NO3. The minimum Gasteiger partial charge on any atom is -0.482 e. The molecule has 2 rings (SSSR count). The summed E-state index contributed by atoms with van der Waals surface area (Å²) in [5.74, 6) is 0.151. The fourth-order valence-electron chi connectivity index (χ4n) is 2.02. The third kappa shape index (κ3) is 5.41.